The van der Waals surface area contributed by atoms with Gasteiger partial charge in [-0.15, -0.1) is 0 Å². The molecule has 2 nitrogen and oxygen atoms in total. The van der Waals surface area contributed by atoms with E-state index in [1.54, 1.807) is 0 Å². The number of hydrogen-bond acceptors (Lipinski definition) is 2. The lowest BCUT2D eigenvalue weighted by Crippen LogP contribution is -2.56. The molecule has 0 radical (unpaired) electrons. The molecule has 1 saturated heterocycles. The van der Waals surface area contributed by atoms with E-state index in [4.69, 9.17) is 0 Å². The molecular formula is C10H19NO. The van der Waals surface area contributed by atoms with Gasteiger partial charge in [-0.1, -0.05) is 12.8 Å². The van der Waals surface area contributed by atoms with Crippen LogP contribution in [0.1, 0.15) is 45.4 Å². The SMILES string of the molecule is C[C@]1(C2(O)CCCC2)CCCN1. The second-order valence-electron chi connectivity index (χ2n) is 4.60. The van der Waals surface area contributed by atoms with Gasteiger partial charge in [-0.3, -0.25) is 0 Å². The first-order valence-corrected chi connectivity index (χ1v) is 5.14. The molecular weight excluding hydrogens is 150 g/mol. The average molecular weight is 169 g/mol. The van der Waals surface area contributed by atoms with Crippen molar-refractivity contribution in [3.05, 3.63) is 0 Å². The molecule has 12 heavy (non-hydrogen) atoms. The molecule has 0 bridgehead atoms. The zero-order chi connectivity index (χ0) is 8.66. The fourth-order valence-corrected chi connectivity index (χ4v) is 2.80. The van der Waals surface area contributed by atoms with Crippen LogP contribution in [0.2, 0.25) is 0 Å². The largest absolute Gasteiger partial charge is 0.388 e. The lowest BCUT2D eigenvalue weighted by molar-refractivity contribution is -0.0318. The predicted molar refractivity (Wildman–Crippen MR) is 49.1 cm³/mol. The average Bonchev–Trinajstić information content (AvgIpc) is 2.60. The van der Waals surface area contributed by atoms with E-state index in [1.165, 1.54) is 19.3 Å². The van der Waals surface area contributed by atoms with Crippen LogP contribution in [0.25, 0.3) is 0 Å². The third-order valence-electron chi connectivity index (χ3n) is 3.83. The Labute approximate surface area is 74.4 Å². The Morgan fingerprint density at radius 3 is 2.25 bits per heavy atom. The molecule has 0 aromatic rings. The van der Waals surface area contributed by atoms with Crippen LogP contribution < -0.4 is 5.32 Å². The van der Waals surface area contributed by atoms with Crippen molar-refractivity contribution in [2.75, 3.05) is 6.54 Å². The summed E-state index contributed by atoms with van der Waals surface area (Å²) in [6.45, 7) is 3.27. The smallest absolute Gasteiger partial charge is 0.0825 e. The molecule has 1 atom stereocenters. The fourth-order valence-electron chi connectivity index (χ4n) is 2.80. The molecule has 70 valence electrons. The van der Waals surface area contributed by atoms with Crippen LogP contribution in [0.3, 0.4) is 0 Å². The Kier molecular flexibility index (Phi) is 1.92. The quantitative estimate of drug-likeness (QED) is 0.622. The summed E-state index contributed by atoms with van der Waals surface area (Å²) in [5.41, 5.74) is -0.382. The van der Waals surface area contributed by atoms with E-state index < -0.39 is 5.60 Å². The van der Waals surface area contributed by atoms with Crippen molar-refractivity contribution in [1.82, 2.24) is 5.32 Å². The molecule has 2 N–H and O–H groups in total. The van der Waals surface area contributed by atoms with Gasteiger partial charge in [-0.25, -0.2) is 0 Å². The first-order chi connectivity index (χ1) is 5.66. The van der Waals surface area contributed by atoms with E-state index in [1.807, 2.05) is 0 Å². The standard InChI is InChI=1S/C10H19NO/c1-9(5-4-8-11-9)10(12)6-2-3-7-10/h11-12H,2-8H2,1H3/t9-/m1/s1. The van der Waals surface area contributed by atoms with Crippen molar-refractivity contribution >= 4 is 0 Å². The van der Waals surface area contributed by atoms with Gasteiger partial charge in [0.1, 0.15) is 0 Å². The summed E-state index contributed by atoms with van der Waals surface area (Å²) in [5, 5.41) is 13.9. The molecule has 1 heterocycles. The van der Waals surface area contributed by atoms with Crippen LogP contribution in [-0.2, 0) is 0 Å². The van der Waals surface area contributed by atoms with Crippen molar-refractivity contribution in [2.24, 2.45) is 0 Å². The van der Waals surface area contributed by atoms with Crippen molar-refractivity contribution < 1.29 is 5.11 Å². The molecule has 1 aliphatic heterocycles. The normalized spacial score (nSPS) is 40.5. The van der Waals surface area contributed by atoms with E-state index in [0.717, 1.165) is 25.8 Å². The van der Waals surface area contributed by atoms with Crippen molar-refractivity contribution in [3.63, 3.8) is 0 Å². The first kappa shape index (κ1) is 8.52. The van der Waals surface area contributed by atoms with Gasteiger partial charge in [0, 0.05) is 5.54 Å². The van der Waals surface area contributed by atoms with Gasteiger partial charge in [0.15, 0.2) is 0 Å². The highest BCUT2D eigenvalue weighted by atomic mass is 16.3. The van der Waals surface area contributed by atoms with Crippen LogP contribution in [-0.4, -0.2) is 22.8 Å². The molecule has 0 amide bonds. The Hall–Kier alpha value is -0.0800. The zero-order valence-corrected chi connectivity index (χ0v) is 7.90. The van der Waals surface area contributed by atoms with E-state index in [0.29, 0.717) is 0 Å². The maximum Gasteiger partial charge on any atom is 0.0825 e. The maximum absolute atomic E-state index is 10.4. The zero-order valence-electron chi connectivity index (χ0n) is 7.90. The van der Waals surface area contributed by atoms with Crippen LogP contribution in [0.4, 0.5) is 0 Å². The third kappa shape index (κ3) is 1.09. The summed E-state index contributed by atoms with van der Waals surface area (Å²) >= 11 is 0. The third-order valence-corrected chi connectivity index (χ3v) is 3.83. The molecule has 1 aliphatic carbocycles. The summed E-state index contributed by atoms with van der Waals surface area (Å²) in [7, 11) is 0. The number of nitrogens with one attached hydrogen (secondary N) is 1. The van der Waals surface area contributed by atoms with Gasteiger partial charge in [0.05, 0.1) is 5.60 Å². The van der Waals surface area contributed by atoms with Crippen molar-refractivity contribution in [2.45, 2.75) is 56.6 Å². The van der Waals surface area contributed by atoms with Gasteiger partial charge < -0.3 is 10.4 Å². The molecule has 2 fully saturated rings. The Morgan fingerprint density at radius 1 is 1.08 bits per heavy atom. The van der Waals surface area contributed by atoms with Crippen LogP contribution in [0.5, 0.6) is 0 Å². The first-order valence-electron chi connectivity index (χ1n) is 5.14. The summed E-state index contributed by atoms with van der Waals surface area (Å²) in [6.07, 6.45) is 6.76. The summed E-state index contributed by atoms with van der Waals surface area (Å²) in [5.74, 6) is 0. The number of hydrogen-bond donors (Lipinski definition) is 2. The van der Waals surface area contributed by atoms with Gasteiger partial charge in [0.25, 0.3) is 0 Å². The lowest BCUT2D eigenvalue weighted by Gasteiger charge is -2.40. The number of rotatable bonds is 1. The van der Waals surface area contributed by atoms with Gasteiger partial charge in [-0.05, 0) is 39.2 Å². The summed E-state index contributed by atoms with van der Waals surface area (Å²) < 4.78 is 0. The second-order valence-corrected chi connectivity index (χ2v) is 4.60. The van der Waals surface area contributed by atoms with E-state index in [-0.39, 0.29) is 5.54 Å². The minimum Gasteiger partial charge on any atom is -0.388 e. The Morgan fingerprint density at radius 2 is 1.75 bits per heavy atom. The Balaban J connectivity index is 2.14. The fraction of sp³-hybridized carbons (Fsp3) is 1.00. The van der Waals surface area contributed by atoms with Crippen molar-refractivity contribution in [1.29, 1.82) is 0 Å². The highest BCUT2D eigenvalue weighted by Gasteiger charge is 2.49. The highest BCUT2D eigenvalue weighted by Crippen LogP contribution is 2.42. The van der Waals surface area contributed by atoms with E-state index in [9.17, 15) is 5.11 Å². The molecule has 0 spiro atoms. The molecule has 0 aromatic heterocycles. The predicted octanol–water partition coefficient (Wildman–Crippen LogP) is 1.43. The monoisotopic (exact) mass is 169 g/mol. The summed E-state index contributed by atoms with van der Waals surface area (Å²) in [4.78, 5) is 0. The van der Waals surface area contributed by atoms with Crippen LogP contribution in [0, 0.1) is 0 Å². The molecule has 1 saturated carbocycles. The van der Waals surface area contributed by atoms with Crippen molar-refractivity contribution in [3.8, 4) is 0 Å². The van der Waals surface area contributed by atoms with Crippen LogP contribution in [0.15, 0.2) is 0 Å². The number of aliphatic hydroxyl groups is 1. The van der Waals surface area contributed by atoms with Crippen LogP contribution >= 0.6 is 0 Å². The minimum absolute atomic E-state index is 0.0174. The minimum atomic E-state index is -0.399. The van der Waals surface area contributed by atoms with E-state index in [2.05, 4.69) is 12.2 Å². The highest BCUT2D eigenvalue weighted by molar-refractivity contribution is 5.07. The molecule has 2 rings (SSSR count). The molecule has 2 aliphatic rings. The second kappa shape index (κ2) is 2.71. The summed E-state index contributed by atoms with van der Waals surface area (Å²) in [6, 6.07) is 0. The lowest BCUT2D eigenvalue weighted by atomic mass is 9.79. The maximum atomic E-state index is 10.4. The molecule has 0 aromatic carbocycles. The van der Waals surface area contributed by atoms with Gasteiger partial charge in [0.2, 0.25) is 0 Å². The Bertz CT molecular complexity index is 147. The van der Waals surface area contributed by atoms with E-state index >= 15 is 0 Å². The topological polar surface area (TPSA) is 32.3 Å². The molecule has 2 heteroatoms. The van der Waals surface area contributed by atoms with Gasteiger partial charge in [-0.2, -0.15) is 0 Å². The van der Waals surface area contributed by atoms with Gasteiger partial charge >= 0.3 is 0 Å². The molecule has 0 unspecified atom stereocenters.